The van der Waals surface area contributed by atoms with Gasteiger partial charge >= 0.3 is 6.01 Å². The van der Waals surface area contributed by atoms with E-state index in [2.05, 4.69) is 16.8 Å². The molecular weight excluding hydrogens is 692 g/mol. The number of aromatic nitrogens is 2. The van der Waals surface area contributed by atoms with Gasteiger partial charge in [-0.15, -0.1) is 11.3 Å². The third-order valence-electron chi connectivity index (χ3n) is 10.7. The molecule has 49 heavy (non-hydrogen) atoms. The minimum Gasteiger partial charge on any atom is -0.491 e. The maximum Gasteiger partial charge on any atom is 0.319 e. The molecule has 4 aliphatic rings. The van der Waals surface area contributed by atoms with Crippen LogP contribution in [0.15, 0.2) is 12.1 Å². The van der Waals surface area contributed by atoms with Crippen LogP contribution in [0.1, 0.15) is 55.9 Å². The van der Waals surface area contributed by atoms with Crippen molar-refractivity contribution >= 4 is 49.7 Å². The first kappa shape index (κ1) is 32.7. The lowest BCUT2D eigenvalue weighted by molar-refractivity contribution is 0.0681. The van der Waals surface area contributed by atoms with Crippen molar-refractivity contribution in [2.75, 3.05) is 37.7 Å². The maximum absolute atomic E-state index is 17.2. The smallest absolute Gasteiger partial charge is 0.319 e. The summed E-state index contributed by atoms with van der Waals surface area (Å²) < 4.78 is 101. The van der Waals surface area contributed by atoms with E-state index < -0.39 is 46.9 Å². The Labute approximate surface area is 286 Å². The van der Waals surface area contributed by atoms with Gasteiger partial charge in [0.1, 0.15) is 29.8 Å². The van der Waals surface area contributed by atoms with E-state index in [1.807, 2.05) is 0 Å². The number of ether oxygens (including phenoxy) is 2. The van der Waals surface area contributed by atoms with E-state index in [9.17, 15) is 22.8 Å². The van der Waals surface area contributed by atoms with E-state index in [4.69, 9.17) is 26.1 Å². The van der Waals surface area contributed by atoms with Crippen LogP contribution < -0.4 is 14.4 Å². The van der Waals surface area contributed by atoms with Crippen molar-refractivity contribution in [2.24, 2.45) is 11.8 Å². The normalized spacial score (nSPS) is 25.2. The Bertz CT molecular complexity index is 2040. The summed E-state index contributed by atoms with van der Waals surface area (Å²) in [5.74, 6) is -2.25. The molecule has 8 rings (SSSR count). The van der Waals surface area contributed by atoms with Gasteiger partial charge in [0.15, 0.2) is 11.6 Å². The summed E-state index contributed by atoms with van der Waals surface area (Å²) in [7, 11) is 0. The van der Waals surface area contributed by atoms with Crippen LogP contribution in [-0.4, -0.2) is 65.7 Å². The van der Waals surface area contributed by atoms with Crippen molar-refractivity contribution in [1.82, 2.24) is 14.9 Å². The zero-order valence-electron chi connectivity index (χ0n) is 26.2. The molecule has 258 valence electrons. The van der Waals surface area contributed by atoms with Gasteiger partial charge in [0.25, 0.3) is 6.43 Å². The molecule has 0 bridgehead atoms. The minimum absolute atomic E-state index is 0.0287. The summed E-state index contributed by atoms with van der Waals surface area (Å²) in [5.41, 5.74) is -1.42. The predicted molar refractivity (Wildman–Crippen MR) is 173 cm³/mol. The molecule has 6 heterocycles. The number of anilines is 1. The van der Waals surface area contributed by atoms with E-state index >= 15 is 8.78 Å². The molecule has 4 aromatic rings. The minimum atomic E-state index is -3.08. The molecule has 2 aromatic heterocycles. The Kier molecular flexibility index (Phi) is 8.03. The summed E-state index contributed by atoms with van der Waals surface area (Å²) in [6.07, 6.45) is -2.47. The molecule has 0 radical (unpaired) electrons. The highest BCUT2D eigenvalue weighted by atomic mass is 35.5. The molecule has 0 spiro atoms. The van der Waals surface area contributed by atoms with Gasteiger partial charge in [0, 0.05) is 42.4 Å². The molecule has 15 heteroatoms. The number of halogens is 7. The first-order valence-electron chi connectivity index (χ1n) is 16.2. The van der Waals surface area contributed by atoms with Crippen LogP contribution in [0.25, 0.3) is 32.1 Å². The molecule has 0 amide bonds. The first-order valence-corrected chi connectivity index (χ1v) is 17.4. The summed E-state index contributed by atoms with van der Waals surface area (Å²) in [6, 6.07) is 3.12. The van der Waals surface area contributed by atoms with Crippen molar-refractivity contribution in [1.29, 1.82) is 5.26 Å². The van der Waals surface area contributed by atoms with Gasteiger partial charge in [-0.3, -0.25) is 4.90 Å². The molecular formula is C34H30ClF6N5O2S. The topological polar surface area (TPSA) is 74.5 Å². The Morgan fingerprint density at radius 3 is 2.73 bits per heavy atom. The summed E-state index contributed by atoms with van der Waals surface area (Å²) in [4.78, 5) is 12.7. The van der Waals surface area contributed by atoms with Gasteiger partial charge in [-0.2, -0.15) is 15.2 Å². The fourth-order valence-electron chi connectivity index (χ4n) is 8.65. The Morgan fingerprint density at radius 2 is 1.98 bits per heavy atom. The molecule has 0 saturated carbocycles. The van der Waals surface area contributed by atoms with Crippen LogP contribution in [-0.2, 0) is 0 Å². The largest absolute Gasteiger partial charge is 0.491 e. The average Bonchev–Trinajstić information content (AvgIpc) is 3.82. The average molecular weight is 722 g/mol. The van der Waals surface area contributed by atoms with Crippen LogP contribution in [0.5, 0.6) is 11.8 Å². The summed E-state index contributed by atoms with van der Waals surface area (Å²) >= 11 is 7.35. The molecule has 4 atom stereocenters. The number of nitriles is 1. The Balaban J connectivity index is 1.36. The third kappa shape index (κ3) is 5.01. The third-order valence-corrected chi connectivity index (χ3v) is 12.2. The number of fused-ring (bicyclic) bond motifs is 4. The van der Waals surface area contributed by atoms with Gasteiger partial charge in [0.2, 0.25) is 6.43 Å². The van der Waals surface area contributed by atoms with Crippen molar-refractivity contribution in [3.63, 3.8) is 0 Å². The van der Waals surface area contributed by atoms with Gasteiger partial charge in [-0.25, -0.2) is 26.3 Å². The van der Waals surface area contributed by atoms with Crippen molar-refractivity contribution < 1.29 is 35.8 Å². The van der Waals surface area contributed by atoms with Crippen LogP contribution in [0, 0.1) is 34.8 Å². The van der Waals surface area contributed by atoms with Crippen LogP contribution in [0.4, 0.5) is 32.2 Å². The van der Waals surface area contributed by atoms with Gasteiger partial charge in [-0.1, -0.05) is 24.6 Å². The SMILES string of the molecule is C[C@H]1CN2CCC[C@@]2(COc2nc3c4c(c(Cl)c(-c5ccc(F)c6sc(C(F)F)c(C#N)c56)c(F)c4n2)OCCC2C(C(F)F)CCN32)C1. The van der Waals surface area contributed by atoms with E-state index in [0.29, 0.717) is 17.3 Å². The van der Waals surface area contributed by atoms with Crippen molar-refractivity contribution in [3.05, 3.63) is 39.2 Å². The van der Waals surface area contributed by atoms with Crippen LogP contribution >= 0.6 is 22.9 Å². The van der Waals surface area contributed by atoms with Crippen LogP contribution in [0.2, 0.25) is 5.02 Å². The number of hydrogen-bond acceptors (Lipinski definition) is 8. The molecule has 3 saturated heterocycles. The van der Waals surface area contributed by atoms with E-state index in [-0.39, 0.29) is 92.9 Å². The highest BCUT2D eigenvalue weighted by Crippen LogP contribution is 2.52. The second kappa shape index (κ2) is 12.1. The molecule has 0 aliphatic carbocycles. The van der Waals surface area contributed by atoms with Gasteiger partial charge in [-0.05, 0) is 49.8 Å². The number of benzene rings is 2. The van der Waals surface area contributed by atoms with E-state index in [1.54, 1.807) is 11.0 Å². The number of alkyl halides is 4. The lowest BCUT2D eigenvalue weighted by atomic mass is 9.92. The number of rotatable bonds is 6. The Morgan fingerprint density at radius 1 is 1.16 bits per heavy atom. The zero-order valence-corrected chi connectivity index (χ0v) is 27.8. The zero-order chi connectivity index (χ0) is 34.4. The molecule has 7 nitrogen and oxygen atoms in total. The molecule has 2 unspecified atom stereocenters. The van der Waals surface area contributed by atoms with E-state index in [0.717, 1.165) is 38.4 Å². The second-order valence-corrected chi connectivity index (χ2v) is 14.9. The number of thiophene rings is 1. The van der Waals surface area contributed by atoms with E-state index in [1.165, 1.54) is 6.07 Å². The standard InChI is InChI=1S/C34H30ClF6N5O2S/c1-15-11-34(7-2-8-45(34)13-15)14-48-33-43-26-23-27(47-10-6-20-16(30(38)39)5-9-46(20)32(23)44-33)24(35)22(25(26)37)17-3-4-19(36)29-21(17)18(12-42)28(49-29)31(40)41/h3-4,15-16,20,30-31H,2,5-11,13-14H2,1H3/t15-,16?,20?,34+/m1/s1. The predicted octanol–water partition coefficient (Wildman–Crippen LogP) is 8.75. The lowest BCUT2D eigenvalue weighted by Gasteiger charge is -2.33. The maximum atomic E-state index is 17.2. The molecule has 3 fully saturated rings. The summed E-state index contributed by atoms with van der Waals surface area (Å²) in [6.45, 7) is 4.46. The van der Waals surface area contributed by atoms with Gasteiger partial charge < -0.3 is 14.4 Å². The quantitative estimate of drug-likeness (QED) is 0.184. The number of hydrogen-bond donors (Lipinski definition) is 0. The first-order chi connectivity index (χ1) is 23.5. The number of nitrogens with zero attached hydrogens (tertiary/aromatic N) is 5. The molecule has 0 N–H and O–H groups in total. The fourth-order valence-corrected chi connectivity index (χ4v) is 10.0. The second-order valence-electron chi connectivity index (χ2n) is 13.5. The summed E-state index contributed by atoms with van der Waals surface area (Å²) in [5, 5.41) is 9.49. The van der Waals surface area contributed by atoms with Crippen molar-refractivity contribution in [2.45, 2.75) is 63.5 Å². The monoisotopic (exact) mass is 721 g/mol. The lowest BCUT2D eigenvalue weighted by Crippen LogP contribution is -2.43. The van der Waals surface area contributed by atoms with Gasteiger partial charge in [0.05, 0.1) is 37.7 Å². The fraction of sp³-hybridized carbons (Fsp3) is 0.500. The Hall–Kier alpha value is -3.54. The van der Waals surface area contributed by atoms with Crippen LogP contribution in [0.3, 0.4) is 0 Å². The highest BCUT2D eigenvalue weighted by molar-refractivity contribution is 7.19. The molecule has 2 aromatic carbocycles. The van der Waals surface area contributed by atoms with Crippen molar-refractivity contribution in [3.8, 4) is 29.0 Å². The highest BCUT2D eigenvalue weighted by Gasteiger charge is 2.48. The molecule has 4 aliphatic heterocycles.